The molecule has 0 aliphatic heterocycles. The van der Waals surface area contributed by atoms with Gasteiger partial charge in [0.15, 0.2) is 0 Å². The summed E-state index contributed by atoms with van der Waals surface area (Å²) in [5, 5.41) is 17.0. The molecule has 0 bridgehead atoms. The molecule has 0 radical (unpaired) electrons. The summed E-state index contributed by atoms with van der Waals surface area (Å²) >= 11 is 1.21. The van der Waals surface area contributed by atoms with Gasteiger partial charge in [-0.05, 0) is 17.7 Å². The number of nitrogens with zero attached hydrogens (tertiary/aromatic N) is 1. The predicted molar refractivity (Wildman–Crippen MR) is 54.9 cm³/mol. The molecule has 0 spiro atoms. The highest BCUT2D eigenvalue weighted by atomic mass is 32.2. The van der Waals surface area contributed by atoms with E-state index in [1.54, 1.807) is 12.1 Å². The Morgan fingerprint density at radius 1 is 1.60 bits per heavy atom. The molecule has 3 nitrogen and oxygen atoms in total. The number of nitriles is 1. The maximum absolute atomic E-state index is 12.9. The van der Waals surface area contributed by atoms with Crippen molar-refractivity contribution in [1.82, 2.24) is 0 Å². The first kappa shape index (κ1) is 11.5. The second-order valence-electron chi connectivity index (χ2n) is 2.81. The van der Waals surface area contributed by atoms with Crippen molar-refractivity contribution >= 4 is 17.7 Å². The van der Waals surface area contributed by atoms with Crippen LogP contribution in [0.1, 0.15) is 11.1 Å². The Bertz CT molecular complexity index is 414. The van der Waals surface area contributed by atoms with Gasteiger partial charge in [-0.3, -0.25) is 4.79 Å². The molecule has 0 amide bonds. The van der Waals surface area contributed by atoms with Crippen LogP contribution in [0.15, 0.2) is 18.2 Å². The molecule has 1 N–H and O–H groups in total. The van der Waals surface area contributed by atoms with Gasteiger partial charge in [-0.2, -0.15) is 5.26 Å². The highest BCUT2D eigenvalue weighted by Gasteiger charge is 2.03. The Hall–Kier alpha value is -1.54. The summed E-state index contributed by atoms with van der Waals surface area (Å²) in [7, 11) is 0. The van der Waals surface area contributed by atoms with Gasteiger partial charge in [-0.15, -0.1) is 11.8 Å². The lowest BCUT2D eigenvalue weighted by Crippen LogP contribution is -1.98. The van der Waals surface area contributed by atoms with Crippen molar-refractivity contribution in [2.75, 3.05) is 5.75 Å². The number of hydrogen-bond donors (Lipinski definition) is 1. The summed E-state index contributed by atoms with van der Waals surface area (Å²) in [6, 6.07) is 5.93. The number of carbonyl (C=O) groups is 1. The van der Waals surface area contributed by atoms with E-state index in [1.165, 1.54) is 23.9 Å². The molecule has 1 rings (SSSR count). The maximum atomic E-state index is 12.9. The molecule has 0 aliphatic rings. The Morgan fingerprint density at radius 2 is 2.33 bits per heavy atom. The van der Waals surface area contributed by atoms with Crippen molar-refractivity contribution in [3.63, 3.8) is 0 Å². The molecular formula is C10H8FNO2S. The lowest BCUT2D eigenvalue weighted by Gasteiger charge is -2.00. The van der Waals surface area contributed by atoms with Crippen molar-refractivity contribution in [2.24, 2.45) is 0 Å². The highest BCUT2D eigenvalue weighted by Crippen LogP contribution is 2.15. The van der Waals surface area contributed by atoms with E-state index in [4.69, 9.17) is 10.4 Å². The van der Waals surface area contributed by atoms with Crippen LogP contribution < -0.4 is 0 Å². The zero-order valence-corrected chi connectivity index (χ0v) is 8.55. The van der Waals surface area contributed by atoms with Crippen LogP contribution >= 0.6 is 11.8 Å². The third kappa shape index (κ3) is 3.60. The molecule has 0 atom stereocenters. The molecule has 0 unspecified atom stereocenters. The minimum Gasteiger partial charge on any atom is -0.481 e. The van der Waals surface area contributed by atoms with Gasteiger partial charge < -0.3 is 5.11 Å². The number of aliphatic carboxylic acids is 1. The molecule has 5 heteroatoms. The van der Waals surface area contributed by atoms with Crippen molar-refractivity contribution in [2.45, 2.75) is 5.75 Å². The minimum atomic E-state index is -0.886. The molecule has 0 heterocycles. The number of halogens is 1. The fourth-order valence-electron chi connectivity index (χ4n) is 1.00. The third-order valence-electron chi connectivity index (χ3n) is 1.65. The second-order valence-corrected chi connectivity index (χ2v) is 3.80. The molecule has 0 saturated carbocycles. The summed E-state index contributed by atoms with van der Waals surface area (Å²) in [6.45, 7) is 0. The zero-order valence-electron chi connectivity index (χ0n) is 7.74. The average molecular weight is 225 g/mol. The molecular weight excluding hydrogens is 217 g/mol. The lowest BCUT2D eigenvalue weighted by atomic mass is 10.1. The zero-order chi connectivity index (χ0) is 11.3. The first-order chi connectivity index (χ1) is 7.13. The maximum Gasteiger partial charge on any atom is 0.313 e. The number of rotatable bonds is 4. The van der Waals surface area contributed by atoms with E-state index in [0.29, 0.717) is 5.75 Å². The number of carboxylic acid groups (broad SMARTS) is 1. The normalized spacial score (nSPS) is 9.60. The number of hydrogen-bond acceptors (Lipinski definition) is 3. The number of carboxylic acids is 1. The van der Waals surface area contributed by atoms with E-state index in [-0.39, 0.29) is 11.3 Å². The molecule has 0 fully saturated rings. The lowest BCUT2D eigenvalue weighted by molar-refractivity contribution is -0.133. The van der Waals surface area contributed by atoms with Gasteiger partial charge in [-0.1, -0.05) is 6.07 Å². The van der Waals surface area contributed by atoms with Crippen molar-refractivity contribution in [3.05, 3.63) is 35.1 Å². The second kappa shape index (κ2) is 5.37. The van der Waals surface area contributed by atoms with Crippen LogP contribution in [0, 0.1) is 17.1 Å². The molecule has 1 aromatic carbocycles. The number of benzene rings is 1. The quantitative estimate of drug-likeness (QED) is 0.851. The van der Waals surface area contributed by atoms with Crippen molar-refractivity contribution in [1.29, 1.82) is 5.26 Å². The van der Waals surface area contributed by atoms with Crippen LogP contribution in [0.4, 0.5) is 4.39 Å². The molecule has 0 aliphatic carbocycles. The third-order valence-corrected chi connectivity index (χ3v) is 2.63. The molecule has 15 heavy (non-hydrogen) atoms. The van der Waals surface area contributed by atoms with Crippen molar-refractivity contribution in [3.8, 4) is 6.07 Å². The van der Waals surface area contributed by atoms with Gasteiger partial charge in [0.1, 0.15) is 11.9 Å². The van der Waals surface area contributed by atoms with E-state index in [0.717, 1.165) is 5.56 Å². The van der Waals surface area contributed by atoms with Crippen LogP contribution in [0.25, 0.3) is 0 Å². The predicted octanol–water partition coefficient (Wildman–Crippen LogP) is 2.02. The SMILES string of the molecule is N#Cc1cc(CSCC(=O)O)ccc1F. The average Bonchev–Trinajstić information content (AvgIpc) is 2.20. The van der Waals surface area contributed by atoms with E-state index in [1.807, 2.05) is 0 Å². The summed E-state index contributed by atoms with van der Waals surface area (Å²) in [6.07, 6.45) is 0. The van der Waals surface area contributed by atoms with E-state index in [9.17, 15) is 9.18 Å². The van der Waals surface area contributed by atoms with Gasteiger partial charge in [0.2, 0.25) is 0 Å². The van der Waals surface area contributed by atoms with Gasteiger partial charge in [0, 0.05) is 5.75 Å². The van der Waals surface area contributed by atoms with Gasteiger partial charge in [0.25, 0.3) is 0 Å². The monoisotopic (exact) mass is 225 g/mol. The summed E-state index contributed by atoms with van der Waals surface area (Å²) in [5.41, 5.74) is 0.739. The number of thioether (sulfide) groups is 1. The standard InChI is InChI=1S/C10H8FNO2S/c11-9-2-1-7(3-8(9)4-12)5-15-6-10(13)14/h1-3H,5-6H2,(H,13,14). The Kier molecular flexibility index (Phi) is 4.13. The molecule has 0 aromatic heterocycles. The Labute approximate surface area is 90.5 Å². The van der Waals surface area contributed by atoms with Crippen LogP contribution in [-0.4, -0.2) is 16.8 Å². The summed E-state index contributed by atoms with van der Waals surface area (Å²) in [5.74, 6) is -0.979. The van der Waals surface area contributed by atoms with Gasteiger partial charge >= 0.3 is 5.97 Å². The van der Waals surface area contributed by atoms with Crippen molar-refractivity contribution < 1.29 is 14.3 Å². The minimum absolute atomic E-state index is 0.000731. The van der Waals surface area contributed by atoms with Crippen LogP contribution in [-0.2, 0) is 10.5 Å². The Morgan fingerprint density at radius 3 is 2.93 bits per heavy atom. The topological polar surface area (TPSA) is 61.1 Å². The fraction of sp³-hybridized carbons (Fsp3) is 0.200. The van der Waals surface area contributed by atoms with Gasteiger partial charge in [0.05, 0.1) is 11.3 Å². The highest BCUT2D eigenvalue weighted by molar-refractivity contribution is 7.99. The van der Waals surface area contributed by atoms with E-state index < -0.39 is 11.8 Å². The first-order valence-corrected chi connectivity index (χ1v) is 5.27. The first-order valence-electron chi connectivity index (χ1n) is 4.11. The van der Waals surface area contributed by atoms with Crippen LogP contribution in [0.3, 0.4) is 0 Å². The largest absolute Gasteiger partial charge is 0.481 e. The van der Waals surface area contributed by atoms with Crippen LogP contribution in [0.2, 0.25) is 0 Å². The summed E-state index contributed by atoms with van der Waals surface area (Å²) < 4.78 is 12.9. The van der Waals surface area contributed by atoms with Gasteiger partial charge in [-0.25, -0.2) is 4.39 Å². The molecule has 0 saturated heterocycles. The smallest absolute Gasteiger partial charge is 0.313 e. The molecule has 1 aromatic rings. The van der Waals surface area contributed by atoms with E-state index >= 15 is 0 Å². The fourth-order valence-corrected chi connectivity index (χ4v) is 1.70. The van der Waals surface area contributed by atoms with Crippen LogP contribution in [0.5, 0.6) is 0 Å². The Balaban J connectivity index is 2.63. The van der Waals surface area contributed by atoms with E-state index in [2.05, 4.69) is 0 Å². The summed E-state index contributed by atoms with van der Waals surface area (Å²) in [4.78, 5) is 10.2. The molecule has 78 valence electrons.